The molecule has 3 fully saturated rings. The predicted octanol–water partition coefficient (Wildman–Crippen LogP) is -0.534. The smallest absolute Gasteiger partial charge is 0.331 e. The van der Waals surface area contributed by atoms with Gasteiger partial charge in [0, 0.05) is 20.0 Å². The quantitative estimate of drug-likeness (QED) is 0.645. The topological polar surface area (TPSA) is 86.8 Å². The van der Waals surface area contributed by atoms with Crippen molar-refractivity contribution in [3.8, 4) is 0 Å². The summed E-state index contributed by atoms with van der Waals surface area (Å²) in [5.74, 6) is -0.855. The van der Waals surface area contributed by atoms with Crippen molar-refractivity contribution in [2.75, 3.05) is 13.6 Å². The standard InChI is InChI=1S/C12H15N3O4/c1-14-6-7(2-3-8(14)16)15-10(18)12(4-5-12)9(17)13-11(15)19/h7H,2-6H2,1H3,(H,13,17,19). The molecule has 1 spiro atoms. The summed E-state index contributed by atoms with van der Waals surface area (Å²) in [5, 5.41) is 2.26. The Morgan fingerprint density at radius 2 is 1.89 bits per heavy atom. The first kappa shape index (κ1) is 12.1. The zero-order chi connectivity index (χ0) is 13.8. The van der Waals surface area contributed by atoms with Crippen LogP contribution in [0.4, 0.5) is 4.79 Å². The number of carbonyl (C=O) groups excluding carboxylic acids is 4. The largest absolute Gasteiger partial charge is 0.344 e. The summed E-state index contributed by atoms with van der Waals surface area (Å²) in [6.45, 7) is 0.336. The summed E-state index contributed by atoms with van der Waals surface area (Å²) in [6.07, 6.45) is 1.79. The number of urea groups is 1. The lowest BCUT2D eigenvalue weighted by atomic mass is 9.97. The van der Waals surface area contributed by atoms with E-state index in [1.807, 2.05) is 0 Å². The average Bonchev–Trinajstić information content (AvgIpc) is 3.13. The van der Waals surface area contributed by atoms with Gasteiger partial charge in [0.1, 0.15) is 5.41 Å². The molecule has 0 aromatic carbocycles. The molecule has 102 valence electrons. The summed E-state index contributed by atoms with van der Waals surface area (Å²) in [7, 11) is 1.65. The van der Waals surface area contributed by atoms with Gasteiger partial charge in [0.15, 0.2) is 0 Å². The SMILES string of the molecule is CN1CC(N2C(=O)NC(=O)C3(CC3)C2=O)CCC1=O. The van der Waals surface area contributed by atoms with Crippen LogP contribution in [0.3, 0.4) is 0 Å². The van der Waals surface area contributed by atoms with E-state index in [4.69, 9.17) is 0 Å². The predicted molar refractivity (Wildman–Crippen MR) is 62.7 cm³/mol. The molecule has 19 heavy (non-hydrogen) atoms. The number of nitrogens with zero attached hydrogens (tertiary/aromatic N) is 2. The van der Waals surface area contributed by atoms with Crippen molar-refractivity contribution in [2.24, 2.45) is 5.41 Å². The highest BCUT2D eigenvalue weighted by atomic mass is 16.2. The molecule has 7 nitrogen and oxygen atoms in total. The molecule has 0 bridgehead atoms. The summed E-state index contributed by atoms with van der Waals surface area (Å²) in [6, 6.07) is -0.985. The number of carbonyl (C=O) groups is 4. The highest BCUT2D eigenvalue weighted by molar-refractivity contribution is 6.21. The Morgan fingerprint density at radius 3 is 2.47 bits per heavy atom. The number of hydrogen-bond donors (Lipinski definition) is 1. The van der Waals surface area contributed by atoms with Crippen LogP contribution in [-0.4, -0.2) is 53.2 Å². The van der Waals surface area contributed by atoms with Crippen molar-refractivity contribution in [3.63, 3.8) is 0 Å². The third-order valence-corrected chi connectivity index (χ3v) is 4.22. The molecule has 7 heteroatoms. The number of barbiturate groups is 1. The summed E-state index contributed by atoms with van der Waals surface area (Å²) < 4.78 is 0. The maximum absolute atomic E-state index is 12.4. The van der Waals surface area contributed by atoms with Crippen LogP contribution in [0.25, 0.3) is 0 Å². The second kappa shape index (κ2) is 3.79. The van der Waals surface area contributed by atoms with Gasteiger partial charge in [-0.3, -0.25) is 24.6 Å². The molecule has 3 rings (SSSR count). The molecular formula is C12H15N3O4. The maximum atomic E-state index is 12.4. The van der Waals surface area contributed by atoms with Crippen LogP contribution in [-0.2, 0) is 14.4 Å². The van der Waals surface area contributed by atoms with Gasteiger partial charge in [-0.2, -0.15) is 0 Å². The third-order valence-electron chi connectivity index (χ3n) is 4.22. The van der Waals surface area contributed by atoms with E-state index in [-0.39, 0.29) is 11.9 Å². The molecule has 1 unspecified atom stereocenters. The molecule has 1 atom stereocenters. The maximum Gasteiger partial charge on any atom is 0.331 e. The van der Waals surface area contributed by atoms with Gasteiger partial charge in [0.05, 0.1) is 6.04 Å². The lowest BCUT2D eigenvalue weighted by Gasteiger charge is -2.39. The van der Waals surface area contributed by atoms with E-state index in [0.29, 0.717) is 32.2 Å². The first-order valence-electron chi connectivity index (χ1n) is 6.39. The molecule has 0 aromatic heterocycles. The van der Waals surface area contributed by atoms with Crippen molar-refractivity contribution in [2.45, 2.75) is 31.7 Å². The minimum Gasteiger partial charge on any atom is -0.344 e. The molecule has 2 saturated heterocycles. The Balaban J connectivity index is 1.83. The van der Waals surface area contributed by atoms with Crippen LogP contribution in [0.1, 0.15) is 25.7 Å². The van der Waals surface area contributed by atoms with E-state index in [1.54, 1.807) is 7.05 Å². The molecule has 1 N–H and O–H groups in total. The molecule has 0 aromatic rings. The van der Waals surface area contributed by atoms with E-state index in [1.165, 1.54) is 4.90 Å². The summed E-state index contributed by atoms with van der Waals surface area (Å²) in [4.78, 5) is 50.1. The fourth-order valence-corrected chi connectivity index (χ4v) is 2.80. The minimum absolute atomic E-state index is 0.0123. The van der Waals surface area contributed by atoms with Gasteiger partial charge in [0.2, 0.25) is 17.7 Å². The monoisotopic (exact) mass is 265 g/mol. The van der Waals surface area contributed by atoms with Gasteiger partial charge in [-0.25, -0.2) is 4.79 Å². The van der Waals surface area contributed by atoms with Gasteiger partial charge in [-0.05, 0) is 19.3 Å². The zero-order valence-electron chi connectivity index (χ0n) is 10.6. The molecule has 1 aliphatic carbocycles. The number of piperidine rings is 1. The van der Waals surface area contributed by atoms with E-state index < -0.39 is 23.3 Å². The zero-order valence-corrected chi connectivity index (χ0v) is 10.6. The number of nitrogens with one attached hydrogen (secondary N) is 1. The molecule has 0 radical (unpaired) electrons. The Morgan fingerprint density at radius 1 is 1.21 bits per heavy atom. The van der Waals surface area contributed by atoms with E-state index in [2.05, 4.69) is 5.32 Å². The highest BCUT2D eigenvalue weighted by Crippen LogP contribution is 2.49. The Bertz CT molecular complexity index is 497. The van der Waals surface area contributed by atoms with Crippen LogP contribution in [0.15, 0.2) is 0 Å². The van der Waals surface area contributed by atoms with Crippen molar-refractivity contribution in [1.29, 1.82) is 0 Å². The number of rotatable bonds is 1. The second-order valence-corrected chi connectivity index (χ2v) is 5.48. The highest BCUT2D eigenvalue weighted by Gasteiger charge is 2.63. The van der Waals surface area contributed by atoms with Crippen molar-refractivity contribution in [1.82, 2.24) is 15.1 Å². The minimum atomic E-state index is -1.01. The molecule has 2 heterocycles. The Hall–Kier alpha value is -1.92. The Kier molecular flexibility index (Phi) is 2.42. The second-order valence-electron chi connectivity index (χ2n) is 5.48. The lowest BCUT2D eigenvalue weighted by Crippen LogP contribution is -2.64. The molecule has 5 amide bonds. The van der Waals surface area contributed by atoms with E-state index in [9.17, 15) is 19.2 Å². The van der Waals surface area contributed by atoms with Gasteiger partial charge in [-0.15, -0.1) is 0 Å². The van der Waals surface area contributed by atoms with Gasteiger partial charge < -0.3 is 4.90 Å². The van der Waals surface area contributed by atoms with Crippen molar-refractivity contribution in [3.05, 3.63) is 0 Å². The fraction of sp³-hybridized carbons (Fsp3) is 0.667. The number of imide groups is 2. The number of amides is 5. The molecular weight excluding hydrogens is 250 g/mol. The fourth-order valence-electron chi connectivity index (χ4n) is 2.80. The number of likely N-dealkylation sites (tertiary alicyclic amines) is 1. The van der Waals surface area contributed by atoms with E-state index >= 15 is 0 Å². The van der Waals surface area contributed by atoms with Gasteiger partial charge in [-0.1, -0.05) is 0 Å². The van der Waals surface area contributed by atoms with Crippen molar-refractivity contribution < 1.29 is 19.2 Å². The number of likely N-dealkylation sites (N-methyl/N-ethyl adjacent to an activating group) is 1. The summed E-state index contributed by atoms with van der Waals surface area (Å²) >= 11 is 0. The normalized spacial score (nSPS) is 29.8. The van der Waals surface area contributed by atoms with Crippen LogP contribution in [0, 0.1) is 5.41 Å². The molecule has 2 aliphatic heterocycles. The van der Waals surface area contributed by atoms with Crippen LogP contribution < -0.4 is 5.32 Å². The average molecular weight is 265 g/mol. The molecule has 3 aliphatic rings. The summed E-state index contributed by atoms with van der Waals surface area (Å²) in [5.41, 5.74) is -1.01. The Labute approximate surface area is 109 Å². The van der Waals surface area contributed by atoms with Gasteiger partial charge in [0.25, 0.3) is 0 Å². The van der Waals surface area contributed by atoms with Crippen LogP contribution >= 0.6 is 0 Å². The third kappa shape index (κ3) is 1.64. The molecule has 1 saturated carbocycles. The first-order chi connectivity index (χ1) is 8.95. The number of hydrogen-bond acceptors (Lipinski definition) is 4. The lowest BCUT2D eigenvalue weighted by molar-refractivity contribution is -0.149. The van der Waals surface area contributed by atoms with E-state index in [0.717, 1.165) is 4.90 Å². The van der Waals surface area contributed by atoms with Crippen molar-refractivity contribution >= 4 is 23.8 Å². The van der Waals surface area contributed by atoms with Crippen LogP contribution in [0.5, 0.6) is 0 Å². The first-order valence-corrected chi connectivity index (χ1v) is 6.39. The van der Waals surface area contributed by atoms with Crippen LogP contribution in [0.2, 0.25) is 0 Å². The van der Waals surface area contributed by atoms with Gasteiger partial charge >= 0.3 is 6.03 Å².